The summed E-state index contributed by atoms with van der Waals surface area (Å²) in [7, 11) is 0. The van der Waals surface area contributed by atoms with Gasteiger partial charge in [-0.1, -0.05) is 11.6 Å². The van der Waals surface area contributed by atoms with Crippen LogP contribution in [0.15, 0.2) is 30.6 Å². The normalized spacial score (nSPS) is 10.3. The molecule has 2 N–H and O–H groups in total. The largest absolute Gasteiger partial charge is 0.421 e. The van der Waals surface area contributed by atoms with Crippen molar-refractivity contribution in [2.24, 2.45) is 5.73 Å². The zero-order chi connectivity index (χ0) is 12.3. The van der Waals surface area contributed by atoms with Crippen molar-refractivity contribution in [3.05, 3.63) is 47.0 Å². The Labute approximate surface area is 102 Å². The molecule has 0 aliphatic heterocycles. The molecule has 2 rings (SSSR count). The smallest absolute Gasteiger partial charge is 0.321 e. The Morgan fingerprint density at radius 3 is 2.59 bits per heavy atom. The average Bonchev–Trinajstić information content (AvgIpc) is 2.34. The van der Waals surface area contributed by atoms with E-state index < -0.39 is 5.82 Å². The predicted octanol–water partition coefficient (Wildman–Crippen LogP) is 2.52. The second-order valence-corrected chi connectivity index (χ2v) is 3.69. The lowest BCUT2D eigenvalue weighted by Gasteiger charge is -2.05. The minimum Gasteiger partial charge on any atom is -0.421 e. The summed E-state index contributed by atoms with van der Waals surface area (Å²) >= 11 is 5.62. The van der Waals surface area contributed by atoms with E-state index in [1.165, 1.54) is 24.5 Å². The molecule has 0 amide bonds. The molecule has 0 fully saturated rings. The van der Waals surface area contributed by atoms with Gasteiger partial charge in [-0.2, -0.15) is 0 Å². The molecule has 6 heteroatoms. The minimum absolute atomic E-state index is 0.0231. The minimum atomic E-state index is -0.566. The summed E-state index contributed by atoms with van der Waals surface area (Å²) in [6.07, 6.45) is 3.05. The van der Waals surface area contributed by atoms with Crippen molar-refractivity contribution in [1.29, 1.82) is 0 Å². The summed E-state index contributed by atoms with van der Waals surface area (Å²) in [4.78, 5) is 7.79. The van der Waals surface area contributed by atoms with Crippen LogP contribution in [0.4, 0.5) is 4.39 Å². The van der Waals surface area contributed by atoms with Gasteiger partial charge >= 0.3 is 6.01 Å². The molecular formula is C11H9ClFN3O. The number of rotatable bonds is 3. The number of hydrogen-bond acceptors (Lipinski definition) is 4. The molecule has 4 nitrogen and oxygen atoms in total. The fraction of sp³-hybridized carbons (Fsp3) is 0.0909. The Hall–Kier alpha value is -1.72. The fourth-order valence-corrected chi connectivity index (χ4v) is 1.32. The van der Waals surface area contributed by atoms with E-state index in [1.807, 2.05) is 0 Å². The van der Waals surface area contributed by atoms with E-state index in [-0.39, 0.29) is 11.8 Å². The Bertz CT molecular complexity index is 519. The van der Waals surface area contributed by atoms with Crippen LogP contribution in [0, 0.1) is 5.82 Å². The van der Waals surface area contributed by atoms with Gasteiger partial charge in [0.2, 0.25) is 0 Å². The van der Waals surface area contributed by atoms with Crippen LogP contribution in [0.25, 0.3) is 0 Å². The van der Waals surface area contributed by atoms with E-state index in [1.54, 1.807) is 0 Å². The Morgan fingerprint density at radius 2 is 2.00 bits per heavy atom. The molecule has 0 unspecified atom stereocenters. The van der Waals surface area contributed by atoms with E-state index in [9.17, 15) is 4.39 Å². The molecule has 1 aromatic carbocycles. The van der Waals surface area contributed by atoms with Crippen LogP contribution >= 0.6 is 11.6 Å². The SMILES string of the molecule is NCc1cnc(Oc2ccc(Cl)cc2F)nc1. The van der Waals surface area contributed by atoms with E-state index in [2.05, 4.69) is 9.97 Å². The molecule has 1 heterocycles. The first kappa shape index (κ1) is 11.8. The van der Waals surface area contributed by atoms with Gasteiger partial charge in [-0.05, 0) is 18.2 Å². The van der Waals surface area contributed by atoms with Crippen molar-refractivity contribution in [1.82, 2.24) is 9.97 Å². The lowest BCUT2D eigenvalue weighted by molar-refractivity contribution is 0.410. The molecule has 0 atom stereocenters. The van der Waals surface area contributed by atoms with Gasteiger partial charge in [0.1, 0.15) is 0 Å². The van der Waals surface area contributed by atoms with Crippen molar-refractivity contribution in [2.45, 2.75) is 6.54 Å². The van der Waals surface area contributed by atoms with Gasteiger partial charge < -0.3 is 10.5 Å². The summed E-state index contributed by atoms with van der Waals surface area (Å²) in [5.74, 6) is -0.543. The lowest BCUT2D eigenvalue weighted by atomic mass is 10.3. The number of aromatic nitrogens is 2. The van der Waals surface area contributed by atoms with Crippen LogP contribution < -0.4 is 10.5 Å². The van der Waals surface area contributed by atoms with Gasteiger partial charge in [0.05, 0.1) is 0 Å². The third-order valence-corrected chi connectivity index (χ3v) is 2.25. The highest BCUT2D eigenvalue weighted by molar-refractivity contribution is 6.30. The second kappa shape index (κ2) is 5.07. The van der Waals surface area contributed by atoms with Gasteiger partial charge in [0.15, 0.2) is 11.6 Å². The first-order valence-corrected chi connectivity index (χ1v) is 5.20. The van der Waals surface area contributed by atoms with Gasteiger partial charge in [-0.15, -0.1) is 0 Å². The maximum absolute atomic E-state index is 13.4. The molecule has 0 spiro atoms. The van der Waals surface area contributed by atoms with Crippen molar-refractivity contribution in [3.63, 3.8) is 0 Å². The van der Waals surface area contributed by atoms with Gasteiger partial charge in [-0.3, -0.25) is 0 Å². The number of ether oxygens (including phenoxy) is 1. The summed E-state index contributed by atoms with van der Waals surface area (Å²) in [5.41, 5.74) is 6.17. The number of hydrogen-bond donors (Lipinski definition) is 1. The maximum atomic E-state index is 13.4. The van der Waals surface area contributed by atoms with Gasteiger partial charge in [0, 0.05) is 29.5 Å². The monoisotopic (exact) mass is 253 g/mol. The quantitative estimate of drug-likeness (QED) is 0.913. The average molecular weight is 254 g/mol. The molecule has 2 aromatic rings. The Kier molecular flexibility index (Phi) is 3.51. The fourth-order valence-electron chi connectivity index (χ4n) is 1.16. The van der Waals surface area contributed by atoms with Crippen molar-refractivity contribution >= 4 is 11.6 Å². The maximum Gasteiger partial charge on any atom is 0.321 e. The highest BCUT2D eigenvalue weighted by Crippen LogP contribution is 2.24. The van der Waals surface area contributed by atoms with Crippen molar-refractivity contribution in [2.75, 3.05) is 0 Å². The Morgan fingerprint density at radius 1 is 1.29 bits per heavy atom. The molecule has 0 radical (unpaired) electrons. The number of nitrogens with zero attached hydrogens (tertiary/aromatic N) is 2. The zero-order valence-corrected chi connectivity index (χ0v) is 9.49. The molecule has 0 aliphatic carbocycles. The van der Waals surface area contributed by atoms with Crippen molar-refractivity contribution < 1.29 is 9.13 Å². The van der Waals surface area contributed by atoms with Crippen LogP contribution in [-0.2, 0) is 6.54 Å². The van der Waals surface area contributed by atoms with Crippen LogP contribution in [0.1, 0.15) is 5.56 Å². The Balaban J connectivity index is 2.19. The first-order valence-electron chi connectivity index (χ1n) is 4.83. The third-order valence-electron chi connectivity index (χ3n) is 2.01. The predicted molar refractivity (Wildman–Crippen MR) is 61.4 cm³/mol. The highest BCUT2D eigenvalue weighted by atomic mass is 35.5. The van der Waals surface area contributed by atoms with Crippen LogP contribution in [0.2, 0.25) is 5.02 Å². The zero-order valence-electron chi connectivity index (χ0n) is 8.73. The lowest BCUT2D eigenvalue weighted by Crippen LogP contribution is -1.99. The molecule has 88 valence electrons. The molecule has 1 aromatic heterocycles. The summed E-state index contributed by atoms with van der Waals surface area (Å²) in [6.45, 7) is 0.343. The van der Waals surface area contributed by atoms with Crippen LogP contribution in [0.5, 0.6) is 11.8 Å². The molecular weight excluding hydrogens is 245 g/mol. The van der Waals surface area contributed by atoms with Crippen LogP contribution in [0.3, 0.4) is 0 Å². The van der Waals surface area contributed by atoms with Gasteiger partial charge in [0.25, 0.3) is 0 Å². The van der Waals surface area contributed by atoms with E-state index in [0.717, 1.165) is 11.6 Å². The summed E-state index contributed by atoms with van der Waals surface area (Å²) in [5, 5.41) is 0.300. The van der Waals surface area contributed by atoms with Crippen molar-refractivity contribution in [3.8, 4) is 11.8 Å². The molecule has 17 heavy (non-hydrogen) atoms. The standard InChI is InChI=1S/C11H9ClFN3O/c12-8-1-2-10(9(13)3-8)17-11-15-5-7(4-14)6-16-11/h1-3,5-6H,4,14H2. The molecule has 0 saturated carbocycles. The molecule has 0 aliphatic rings. The van der Waals surface area contributed by atoms with E-state index in [0.29, 0.717) is 11.6 Å². The van der Waals surface area contributed by atoms with E-state index in [4.69, 9.17) is 22.1 Å². The molecule has 0 bridgehead atoms. The second-order valence-electron chi connectivity index (χ2n) is 3.25. The van der Waals surface area contributed by atoms with E-state index >= 15 is 0 Å². The number of benzene rings is 1. The first-order chi connectivity index (χ1) is 8.19. The highest BCUT2D eigenvalue weighted by Gasteiger charge is 2.07. The van der Waals surface area contributed by atoms with Crippen LogP contribution in [-0.4, -0.2) is 9.97 Å². The number of halogens is 2. The van der Waals surface area contributed by atoms with Gasteiger partial charge in [-0.25, -0.2) is 14.4 Å². The third kappa shape index (κ3) is 2.89. The number of nitrogens with two attached hydrogens (primary N) is 1. The summed E-state index contributed by atoms with van der Waals surface area (Å²) < 4.78 is 18.6. The summed E-state index contributed by atoms with van der Waals surface area (Å²) in [6, 6.07) is 4.15. The topological polar surface area (TPSA) is 61.0 Å². The molecule has 0 saturated heterocycles.